The Morgan fingerprint density at radius 3 is 2.68 bits per heavy atom. The first kappa shape index (κ1) is 14.7. The standard InChI is InChI=1S/C16H19NO5/c1-9(10-4-5-13-14(7-10)22-8-21-13)17-15(18)11-2-3-12(6-11)16(19)20/h4-5,7,9,11-12H,2-3,6,8H2,1H3,(H,17,18)(H,19,20)/t9?,11-,12+/m1/s1. The van der Waals surface area contributed by atoms with Crippen molar-refractivity contribution in [2.45, 2.75) is 32.2 Å². The average molecular weight is 305 g/mol. The minimum atomic E-state index is -0.806. The number of carboxylic acid groups (broad SMARTS) is 1. The van der Waals surface area contributed by atoms with E-state index in [0.717, 1.165) is 5.56 Å². The van der Waals surface area contributed by atoms with Crippen LogP contribution in [-0.2, 0) is 9.59 Å². The highest BCUT2D eigenvalue weighted by atomic mass is 16.7. The normalized spacial score (nSPS) is 24.0. The Bertz CT molecular complexity index is 600. The van der Waals surface area contributed by atoms with Crippen molar-refractivity contribution in [2.24, 2.45) is 11.8 Å². The molecule has 1 aromatic carbocycles. The summed E-state index contributed by atoms with van der Waals surface area (Å²) in [5, 5.41) is 12.0. The fourth-order valence-corrected chi connectivity index (χ4v) is 3.04. The molecule has 1 heterocycles. The summed E-state index contributed by atoms with van der Waals surface area (Å²) in [5.74, 6) is -0.0880. The molecule has 2 N–H and O–H groups in total. The van der Waals surface area contributed by atoms with Crippen LogP contribution in [0.25, 0.3) is 0 Å². The number of amides is 1. The summed E-state index contributed by atoms with van der Waals surface area (Å²) in [6.45, 7) is 2.12. The first-order valence-electron chi connectivity index (χ1n) is 7.47. The summed E-state index contributed by atoms with van der Waals surface area (Å²) in [5.41, 5.74) is 0.936. The van der Waals surface area contributed by atoms with Crippen molar-refractivity contribution in [1.82, 2.24) is 5.32 Å². The summed E-state index contributed by atoms with van der Waals surface area (Å²) in [6, 6.07) is 5.43. The van der Waals surface area contributed by atoms with Crippen LogP contribution in [0.2, 0.25) is 0 Å². The zero-order valence-corrected chi connectivity index (χ0v) is 12.4. The number of benzene rings is 1. The van der Waals surface area contributed by atoms with Gasteiger partial charge in [0.1, 0.15) is 0 Å². The monoisotopic (exact) mass is 305 g/mol. The van der Waals surface area contributed by atoms with Crippen LogP contribution in [0.3, 0.4) is 0 Å². The van der Waals surface area contributed by atoms with Crippen molar-refractivity contribution in [3.8, 4) is 11.5 Å². The molecule has 6 heteroatoms. The molecular formula is C16H19NO5. The lowest BCUT2D eigenvalue weighted by Crippen LogP contribution is -2.32. The maximum Gasteiger partial charge on any atom is 0.306 e. The summed E-state index contributed by atoms with van der Waals surface area (Å²) in [4.78, 5) is 23.2. The molecule has 0 saturated heterocycles. The van der Waals surface area contributed by atoms with Crippen molar-refractivity contribution >= 4 is 11.9 Å². The maximum atomic E-state index is 12.3. The molecule has 1 amide bonds. The summed E-state index contributed by atoms with van der Waals surface area (Å²) in [6.07, 6.45) is 1.64. The number of ether oxygens (including phenoxy) is 2. The van der Waals surface area contributed by atoms with Crippen molar-refractivity contribution < 1.29 is 24.2 Å². The molecule has 1 aliphatic carbocycles. The number of aliphatic carboxylic acids is 1. The minimum Gasteiger partial charge on any atom is -0.481 e. The summed E-state index contributed by atoms with van der Waals surface area (Å²) in [7, 11) is 0. The molecule has 1 unspecified atom stereocenters. The van der Waals surface area contributed by atoms with E-state index in [1.165, 1.54) is 0 Å². The Morgan fingerprint density at radius 1 is 1.23 bits per heavy atom. The van der Waals surface area contributed by atoms with E-state index in [1.807, 2.05) is 25.1 Å². The lowest BCUT2D eigenvalue weighted by atomic mass is 10.0. The first-order valence-corrected chi connectivity index (χ1v) is 7.47. The highest BCUT2D eigenvalue weighted by Gasteiger charge is 2.34. The zero-order chi connectivity index (χ0) is 15.7. The Hall–Kier alpha value is -2.24. The second-order valence-corrected chi connectivity index (χ2v) is 5.89. The molecule has 1 fully saturated rings. The SMILES string of the molecule is CC(NC(=O)[C@@H]1CC[C@H](C(=O)O)C1)c1ccc2c(c1)OCO2. The van der Waals surface area contributed by atoms with Crippen LogP contribution >= 0.6 is 0 Å². The summed E-state index contributed by atoms with van der Waals surface area (Å²) >= 11 is 0. The topological polar surface area (TPSA) is 84.9 Å². The molecule has 0 aromatic heterocycles. The van der Waals surface area contributed by atoms with E-state index in [4.69, 9.17) is 14.6 Å². The van der Waals surface area contributed by atoms with E-state index in [-0.39, 0.29) is 24.7 Å². The third-order valence-corrected chi connectivity index (χ3v) is 4.41. The predicted octanol–water partition coefficient (Wildman–Crippen LogP) is 2.09. The fraction of sp³-hybridized carbons (Fsp3) is 0.500. The Balaban J connectivity index is 1.61. The van der Waals surface area contributed by atoms with E-state index in [9.17, 15) is 9.59 Å². The van der Waals surface area contributed by atoms with Crippen LogP contribution in [0.1, 0.15) is 37.8 Å². The molecule has 1 aliphatic heterocycles. The quantitative estimate of drug-likeness (QED) is 0.889. The largest absolute Gasteiger partial charge is 0.481 e. The Kier molecular flexibility index (Phi) is 3.92. The van der Waals surface area contributed by atoms with Gasteiger partial charge in [0, 0.05) is 5.92 Å². The van der Waals surface area contributed by atoms with Crippen LogP contribution in [-0.4, -0.2) is 23.8 Å². The smallest absolute Gasteiger partial charge is 0.306 e. The molecule has 118 valence electrons. The second kappa shape index (κ2) is 5.87. The molecule has 0 radical (unpaired) electrons. The molecule has 1 saturated carbocycles. The number of carbonyl (C=O) groups excluding carboxylic acids is 1. The summed E-state index contributed by atoms with van der Waals surface area (Å²) < 4.78 is 10.6. The van der Waals surface area contributed by atoms with E-state index < -0.39 is 11.9 Å². The lowest BCUT2D eigenvalue weighted by molar-refractivity contribution is -0.141. The van der Waals surface area contributed by atoms with Crippen LogP contribution in [0.4, 0.5) is 0 Å². The van der Waals surface area contributed by atoms with Gasteiger partial charge in [-0.15, -0.1) is 0 Å². The van der Waals surface area contributed by atoms with Gasteiger partial charge in [0.05, 0.1) is 12.0 Å². The number of carbonyl (C=O) groups is 2. The molecule has 6 nitrogen and oxygen atoms in total. The van der Waals surface area contributed by atoms with Crippen LogP contribution in [0.15, 0.2) is 18.2 Å². The second-order valence-electron chi connectivity index (χ2n) is 5.89. The molecular weight excluding hydrogens is 286 g/mol. The van der Waals surface area contributed by atoms with E-state index in [1.54, 1.807) is 0 Å². The Labute approximate surface area is 128 Å². The van der Waals surface area contributed by atoms with Gasteiger partial charge < -0.3 is 19.9 Å². The number of rotatable bonds is 4. The maximum absolute atomic E-state index is 12.3. The van der Waals surface area contributed by atoms with Crippen molar-refractivity contribution in [1.29, 1.82) is 0 Å². The van der Waals surface area contributed by atoms with E-state index in [2.05, 4.69) is 5.32 Å². The van der Waals surface area contributed by atoms with Crippen LogP contribution < -0.4 is 14.8 Å². The van der Waals surface area contributed by atoms with Gasteiger partial charge in [0.15, 0.2) is 11.5 Å². The van der Waals surface area contributed by atoms with Crippen molar-refractivity contribution in [3.63, 3.8) is 0 Å². The van der Waals surface area contributed by atoms with Gasteiger partial charge >= 0.3 is 5.97 Å². The van der Waals surface area contributed by atoms with Gasteiger partial charge in [-0.25, -0.2) is 0 Å². The van der Waals surface area contributed by atoms with Gasteiger partial charge in [-0.1, -0.05) is 6.07 Å². The molecule has 3 rings (SSSR count). The first-order chi connectivity index (χ1) is 10.5. The van der Waals surface area contributed by atoms with Gasteiger partial charge in [-0.05, 0) is 43.9 Å². The van der Waals surface area contributed by atoms with Crippen molar-refractivity contribution in [3.05, 3.63) is 23.8 Å². The van der Waals surface area contributed by atoms with Crippen LogP contribution in [0.5, 0.6) is 11.5 Å². The molecule has 22 heavy (non-hydrogen) atoms. The van der Waals surface area contributed by atoms with Crippen LogP contribution in [0, 0.1) is 11.8 Å². The minimum absolute atomic E-state index is 0.0751. The number of nitrogens with one attached hydrogen (secondary N) is 1. The highest BCUT2D eigenvalue weighted by Crippen LogP contribution is 2.35. The molecule has 0 bridgehead atoms. The number of hydrogen-bond acceptors (Lipinski definition) is 4. The van der Waals surface area contributed by atoms with Gasteiger partial charge in [0.25, 0.3) is 0 Å². The van der Waals surface area contributed by atoms with E-state index >= 15 is 0 Å². The zero-order valence-electron chi connectivity index (χ0n) is 12.4. The lowest BCUT2D eigenvalue weighted by Gasteiger charge is -2.17. The van der Waals surface area contributed by atoms with Gasteiger partial charge in [-0.2, -0.15) is 0 Å². The Morgan fingerprint density at radius 2 is 1.95 bits per heavy atom. The molecule has 0 spiro atoms. The number of carboxylic acids is 1. The third kappa shape index (κ3) is 2.86. The number of hydrogen-bond donors (Lipinski definition) is 2. The molecule has 3 atom stereocenters. The third-order valence-electron chi connectivity index (χ3n) is 4.41. The van der Waals surface area contributed by atoms with Gasteiger partial charge in [-0.3, -0.25) is 9.59 Å². The fourth-order valence-electron chi connectivity index (χ4n) is 3.04. The number of fused-ring (bicyclic) bond motifs is 1. The average Bonchev–Trinajstić information content (AvgIpc) is 3.15. The molecule has 1 aromatic rings. The highest BCUT2D eigenvalue weighted by molar-refractivity contribution is 5.81. The van der Waals surface area contributed by atoms with Gasteiger partial charge in [0.2, 0.25) is 12.7 Å². The molecule has 2 aliphatic rings. The van der Waals surface area contributed by atoms with E-state index in [0.29, 0.717) is 30.8 Å². The van der Waals surface area contributed by atoms with Crippen molar-refractivity contribution in [2.75, 3.05) is 6.79 Å². The predicted molar refractivity (Wildman–Crippen MR) is 77.6 cm³/mol.